The number of nitrogens with one attached hydrogen (secondary N) is 1. The molecule has 0 radical (unpaired) electrons. The lowest BCUT2D eigenvalue weighted by molar-refractivity contribution is -0.143. The maximum Gasteiger partial charge on any atom is 0.305 e. The van der Waals surface area contributed by atoms with E-state index in [1.165, 1.54) is 218 Å². The third-order valence-corrected chi connectivity index (χ3v) is 13.7. The molecule has 6 heteroatoms. The summed E-state index contributed by atoms with van der Waals surface area (Å²) < 4.78 is 5.45. The summed E-state index contributed by atoms with van der Waals surface area (Å²) in [4.78, 5) is 24.5. The van der Waals surface area contributed by atoms with E-state index in [2.05, 4.69) is 43.5 Å². The molecule has 2 atom stereocenters. The number of amides is 1. The van der Waals surface area contributed by atoms with Gasteiger partial charge in [0, 0.05) is 12.8 Å². The first-order valence-corrected chi connectivity index (χ1v) is 29.8. The quantitative estimate of drug-likeness (QED) is 0.0321. The molecule has 3 N–H and O–H groups in total. The minimum Gasteiger partial charge on any atom is -0.466 e. The number of carbonyl (C=O) groups excluding carboxylic acids is 2. The predicted molar refractivity (Wildman–Crippen MR) is 292 cm³/mol. The van der Waals surface area contributed by atoms with Gasteiger partial charge in [-0.25, -0.2) is 0 Å². The highest BCUT2D eigenvalue weighted by molar-refractivity contribution is 5.76. The van der Waals surface area contributed by atoms with Crippen LogP contribution in [0.3, 0.4) is 0 Å². The first kappa shape index (κ1) is 65.1. The molecule has 0 aromatic carbocycles. The molecular formula is C61H115NO5. The normalized spacial score (nSPS) is 12.8. The van der Waals surface area contributed by atoms with Gasteiger partial charge in [-0.05, 0) is 57.8 Å². The zero-order valence-corrected chi connectivity index (χ0v) is 44.9. The van der Waals surface area contributed by atoms with Gasteiger partial charge in [0.2, 0.25) is 5.91 Å². The van der Waals surface area contributed by atoms with Crippen LogP contribution in [0.5, 0.6) is 0 Å². The summed E-state index contributed by atoms with van der Waals surface area (Å²) in [5.74, 6) is -0.115. The molecule has 394 valence electrons. The van der Waals surface area contributed by atoms with Gasteiger partial charge in [-0.15, -0.1) is 0 Å². The van der Waals surface area contributed by atoms with E-state index in [1.807, 2.05) is 6.08 Å². The first-order chi connectivity index (χ1) is 33.0. The Morgan fingerprint density at radius 1 is 0.418 bits per heavy atom. The Morgan fingerprint density at radius 3 is 1.18 bits per heavy atom. The van der Waals surface area contributed by atoms with Gasteiger partial charge in [0.25, 0.3) is 0 Å². The van der Waals surface area contributed by atoms with E-state index in [4.69, 9.17) is 4.74 Å². The minimum atomic E-state index is -0.859. The molecule has 0 aliphatic heterocycles. The highest BCUT2D eigenvalue weighted by Crippen LogP contribution is 2.17. The maximum atomic E-state index is 12.5. The van der Waals surface area contributed by atoms with Gasteiger partial charge in [0.05, 0.1) is 25.4 Å². The second kappa shape index (κ2) is 56.7. The topological polar surface area (TPSA) is 95.9 Å². The van der Waals surface area contributed by atoms with Crippen LogP contribution in [0.15, 0.2) is 36.5 Å². The third-order valence-electron chi connectivity index (χ3n) is 13.7. The average molecular weight is 943 g/mol. The van der Waals surface area contributed by atoms with Gasteiger partial charge in [-0.2, -0.15) is 0 Å². The van der Waals surface area contributed by atoms with Gasteiger partial charge in [-0.3, -0.25) is 9.59 Å². The summed E-state index contributed by atoms with van der Waals surface area (Å²) in [6.07, 6.45) is 70.3. The molecule has 6 nitrogen and oxygen atoms in total. The molecule has 0 spiro atoms. The number of hydrogen-bond acceptors (Lipinski definition) is 5. The van der Waals surface area contributed by atoms with Crippen LogP contribution in [0.2, 0.25) is 0 Å². The summed E-state index contributed by atoms with van der Waals surface area (Å²) >= 11 is 0. The lowest BCUT2D eigenvalue weighted by atomic mass is 10.0. The van der Waals surface area contributed by atoms with Crippen LogP contribution in [0, 0.1) is 0 Å². The van der Waals surface area contributed by atoms with Crippen LogP contribution < -0.4 is 5.32 Å². The Kier molecular flexibility index (Phi) is 55.0. The van der Waals surface area contributed by atoms with Crippen molar-refractivity contribution in [1.82, 2.24) is 5.32 Å². The molecule has 0 saturated carbocycles. The van der Waals surface area contributed by atoms with Crippen molar-refractivity contribution in [3.8, 4) is 0 Å². The van der Waals surface area contributed by atoms with Gasteiger partial charge < -0.3 is 20.3 Å². The molecule has 1 amide bonds. The van der Waals surface area contributed by atoms with Gasteiger partial charge in [0.15, 0.2) is 0 Å². The first-order valence-electron chi connectivity index (χ1n) is 29.8. The Morgan fingerprint density at radius 2 is 0.761 bits per heavy atom. The van der Waals surface area contributed by atoms with E-state index in [-0.39, 0.29) is 18.5 Å². The number of carbonyl (C=O) groups is 2. The van der Waals surface area contributed by atoms with Crippen LogP contribution >= 0.6 is 0 Å². The number of aliphatic hydroxyl groups is 2. The van der Waals surface area contributed by atoms with E-state index in [0.717, 1.165) is 70.6 Å². The smallest absolute Gasteiger partial charge is 0.305 e. The van der Waals surface area contributed by atoms with E-state index in [9.17, 15) is 19.8 Å². The number of aliphatic hydroxyl groups excluding tert-OH is 2. The van der Waals surface area contributed by atoms with Crippen molar-refractivity contribution in [3.63, 3.8) is 0 Å². The number of hydrogen-bond donors (Lipinski definition) is 3. The third kappa shape index (κ3) is 53.3. The standard InChI is InChI=1S/C61H115NO5/c1-3-5-7-9-11-13-15-17-19-20-21-22-23-24-25-26-27-28-29-30-33-37-41-45-49-53-59(64)58(57-63)62-60(65)54-50-46-42-38-34-32-36-40-44-48-52-56-67-61(66)55-51-47-43-39-35-31-18-16-14-12-10-8-6-4-2/h10,12,16,18,49,53,58-59,63-64H,3-9,11,13-15,17,19-48,50-52,54-57H2,1-2H3,(H,62,65)/b12-10-,18-16-,53-49+. The number of rotatable bonds is 55. The van der Waals surface area contributed by atoms with E-state index in [0.29, 0.717) is 19.4 Å². The Labute approximate surface area is 417 Å². The molecule has 0 saturated heterocycles. The summed E-state index contributed by atoms with van der Waals surface area (Å²) in [6.45, 7) is 4.83. The van der Waals surface area contributed by atoms with Crippen LogP contribution in [-0.2, 0) is 14.3 Å². The van der Waals surface area contributed by atoms with E-state index in [1.54, 1.807) is 6.08 Å². The summed E-state index contributed by atoms with van der Waals surface area (Å²) in [5.41, 5.74) is 0. The van der Waals surface area contributed by atoms with Crippen LogP contribution in [-0.4, -0.2) is 47.4 Å². The second-order valence-electron chi connectivity index (χ2n) is 20.3. The Balaban J connectivity index is 3.50. The molecule has 0 fully saturated rings. The zero-order valence-electron chi connectivity index (χ0n) is 44.9. The van der Waals surface area contributed by atoms with Gasteiger partial charge >= 0.3 is 5.97 Å². The van der Waals surface area contributed by atoms with Crippen molar-refractivity contribution >= 4 is 11.9 Å². The fourth-order valence-corrected chi connectivity index (χ4v) is 9.06. The van der Waals surface area contributed by atoms with Crippen molar-refractivity contribution in [2.45, 2.75) is 328 Å². The number of allylic oxidation sites excluding steroid dienone is 5. The number of unbranched alkanes of at least 4 members (excludes halogenated alkanes) is 40. The monoisotopic (exact) mass is 942 g/mol. The van der Waals surface area contributed by atoms with Gasteiger partial charge in [-0.1, -0.05) is 281 Å². The highest BCUT2D eigenvalue weighted by Gasteiger charge is 2.18. The van der Waals surface area contributed by atoms with Crippen LogP contribution in [0.1, 0.15) is 316 Å². The van der Waals surface area contributed by atoms with Crippen molar-refractivity contribution in [1.29, 1.82) is 0 Å². The molecule has 0 heterocycles. The Bertz CT molecular complexity index is 1090. The van der Waals surface area contributed by atoms with Crippen molar-refractivity contribution < 1.29 is 24.5 Å². The maximum absolute atomic E-state index is 12.5. The molecule has 0 aromatic heterocycles. The highest BCUT2D eigenvalue weighted by atomic mass is 16.5. The minimum absolute atomic E-state index is 0.0295. The van der Waals surface area contributed by atoms with Crippen LogP contribution in [0.4, 0.5) is 0 Å². The van der Waals surface area contributed by atoms with Crippen molar-refractivity contribution in [3.05, 3.63) is 36.5 Å². The predicted octanol–water partition coefficient (Wildman–Crippen LogP) is 18.4. The van der Waals surface area contributed by atoms with E-state index >= 15 is 0 Å². The summed E-state index contributed by atoms with van der Waals surface area (Å²) in [5, 5.41) is 23.2. The fourth-order valence-electron chi connectivity index (χ4n) is 9.06. The van der Waals surface area contributed by atoms with Crippen LogP contribution in [0.25, 0.3) is 0 Å². The lowest BCUT2D eigenvalue weighted by Crippen LogP contribution is -2.45. The molecule has 0 aliphatic rings. The van der Waals surface area contributed by atoms with Gasteiger partial charge in [0.1, 0.15) is 0 Å². The number of ether oxygens (including phenoxy) is 1. The molecule has 0 bridgehead atoms. The fraction of sp³-hybridized carbons (Fsp3) is 0.869. The van der Waals surface area contributed by atoms with Crippen molar-refractivity contribution in [2.24, 2.45) is 0 Å². The molecule has 0 rings (SSSR count). The molecular weight excluding hydrogens is 827 g/mol. The second-order valence-corrected chi connectivity index (χ2v) is 20.3. The van der Waals surface area contributed by atoms with Crippen molar-refractivity contribution in [2.75, 3.05) is 13.2 Å². The molecule has 0 aromatic rings. The Hall–Kier alpha value is -1.92. The SMILES string of the molecule is CCCC/C=C\C/C=C\CCCCCCCC(=O)OCCCCCCCCCCCCCC(=O)NC(CO)C(O)/C=C/CCCCCCCCCCCCCCCCCCCCCCCCC. The van der Waals surface area contributed by atoms with E-state index < -0.39 is 12.1 Å². The summed E-state index contributed by atoms with van der Waals surface area (Å²) in [6, 6.07) is -0.644. The molecule has 2 unspecified atom stereocenters. The lowest BCUT2D eigenvalue weighted by Gasteiger charge is -2.20. The summed E-state index contributed by atoms with van der Waals surface area (Å²) in [7, 11) is 0. The molecule has 0 aliphatic carbocycles. The average Bonchev–Trinajstić information content (AvgIpc) is 3.33. The largest absolute Gasteiger partial charge is 0.466 e. The molecule has 67 heavy (non-hydrogen) atoms. The zero-order chi connectivity index (χ0) is 48.6. The number of esters is 1.